The summed E-state index contributed by atoms with van der Waals surface area (Å²) < 4.78 is 1.37. The number of allylic oxidation sites excluding steroid dienone is 3. The number of nitrogens with one attached hydrogen (secondary N) is 2. The van der Waals surface area contributed by atoms with Crippen LogP contribution in [-0.2, 0) is 20.8 Å². The van der Waals surface area contributed by atoms with Gasteiger partial charge in [0, 0.05) is 25.8 Å². The average molecular weight is 384 g/mol. The lowest BCUT2D eigenvalue weighted by atomic mass is 10.0. The predicted octanol–water partition coefficient (Wildman–Crippen LogP) is 0.941. The Labute approximate surface area is 162 Å². The van der Waals surface area contributed by atoms with E-state index in [9.17, 15) is 19.2 Å². The Balaban J connectivity index is 2.01. The molecule has 0 saturated carbocycles. The molecule has 1 fully saturated rings. The number of aromatic nitrogens is 2. The molecule has 1 aliphatic carbocycles. The van der Waals surface area contributed by atoms with Crippen molar-refractivity contribution < 1.29 is 14.4 Å². The molecule has 1 saturated heterocycles. The highest BCUT2D eigenvalue weighted by atomic mass is 16.2. The van der Waals surface area contributed by atoms with Gasteiger partial charge in [0.15, 0.2) is 0 Å². The Hall–Kier alpha value is -3.03. The number of carbonyl (C=O) groups excluding carboxylic acids is 3. The van der Waals surface area contributed by atoms with Crippen molar-refractivity contribution in [1.82, 2.24) is 20.2 Å². The molecular formula is C20H24N4O4. The molecule has 0 bridgehead atoms. The fourth-order valence-corrected chi connectivity index (χ4v) is 3.57. The van der Waals surface area contributed by atoms with E-state index in [1.807, 2.05) is 19.1 Å². The molecule has 0 spiro atoms. The van der Waals surface area contributed by atoms with Crippen molar-refractivity contribution in [1.29, 1.82) is 0 Å². The van der Waals surface area contributed by atoms with E-state index >= 15 is 0 Å². The first-order valence-corrected chi connectivity index (χ1v) is 9.50. The molecule has 148 valence electrons. The van der Waals surface area contributed by atoms with Gasteiger partial charge in [0.05, 0.1) is 11.3 Å². The zero-order valence-corrected chi connectivity index (χ0v) is 16.1. The number of nitrogens with zero attached hydrogens (tertiary/aromatic N) is 2. The first-order valence-electron chi connectivity index (χ1n) is 9.50. The van der Waals surface area contributed by atoms with Crippen molar-refractivity contribution in [3.8, 4) is 0 Å². The summed E-state index contributed by atoms with van der Waals surface area (Å²) in [6.45, 7) is 3.83. The summed E-state index contributed by atoms with van der Waals surface area (Å²) in [7, 11) is 0. The third kappa shape index (κ3) is 3.95. The lowest BCUT2D eigenvalue weighted by molar-refractivity contribution is -0.135. The number of piperidine rings is 1. The molecule has 1 aromatic heterocycles. The molecular weight excluding hydrogens is 360 g/mol. The van der Waals surface area contributed by atoms with Crippen LogP contribution in [0.3, 0.4) is 0 Å². The van der Waals surface area contributed by atoms with Gasteiger partial charge in [0.2, 0.25) is 17.7 Å². The maximum Gasteiger partial charge on any atom is 0.262 e. The van der Waals surface area contributed by atoms with Crippen LogP contribution in [-0.4, -0.2) is 33.8 Å². The highest BCUT2D eigenvalue weighted by Gasteiger charge is 2.31. The first kappa shape index (κ1) is 19.7. The minimum Gasteiger partial charge on any atom is -0.352 e. The molecule has 2 aliphatic rings. The molecule has 8 nitrogen and oxygen atoms in total. The summed E-state index contributed by atoms with van der Waals surface area (Å²) in [5, 5.41) is 5.13. The second kappa shape index (κ2) is 8.33. The van der Waals surface area contributed by atoms with Crippen molar-refractivity contribution in [3.05, 3.63) is 45.7 Å². The molecule has 1 unspecified atom stereocenters. The third-order valence-electron chi connectivity index (χ3n) is 4.91. The van der Waals surface area contributed by atoms with Crippen molar-refractivity contribution in [2.45, 2.75) is 52.0 Å². The zero-order valence-electron chi connectivity index (χ0n) is 16.1. The molecule has 2 N–H and O–H groups in total. The minimum absolute atomic E-state index is 0.0799. The van der Waals surface area contributed by atoms with Crippen LogP contribution in [0.2, 0.25) is 0 Å². The maximum absolute atomic E-state index is 13.4. The summed E-state index contributed by atoms with van der Waals surface area (Å²) in [4.78, 5) is 53.6. The van der Waals surface area contributed by atoms with Gasteiger partial charge in [-0.2, -0.15) is 0 Å². The van der Waals surface area contributed by atoms with E-state index in [-0.39, 0.29) is 36.8 Å². The first-order chi connectivity index (χ1) is 13.4. The van der Waals surface area contributed by atoms with Crippen LogP contribution in [0.4, 0.5) is 0 Å². The van der Waals surface area contributed by atoms with Gasteiger partial charge in [-0.05, 0) is 25.3 Å². The number of fused-ring (bicyclic) bond motifs is 1. The zero-order chi connectivity index (χ0) is 20.3. The predicted molar refractivity (Wildman–Crippen MR) is 103 cm³/mol. The van der Waals surface area contributed by atoms with E-state index in [4.69, 9.17) is 0 Å². The topological polar surface area (TPSA) is 110 Å². The molecule has 1 aromatic rings. The Morgan fingerprint density at radius 2 is 2.14 bits per heavy atom. The molecule has 2 heterocycles. The van der Waals surface area contributed by atoms with Gasteiger partial charge in [-0.15, -0.1) is 0 Å². The molecule has 0 aromatic carbocycles. The van der Waals surface area contributed by atoms with Gasteiger partial charge in [0.25, 0.3) is 5.56 Å². The second-order valence-electron chi connectivity index (χ2n) is 6.97. The Bertz CT molecular complexity index is 942. The van der Waals surface area contributed by atoms with Crippen LogP contribution in [0, 0.1) is 6.92 Å². The summed E-state index contributed by atoms with van der Waals surface area (Å²) >= 11 is 0. The minimum atomic E-state index is -0.768. The van der Waals surface area contributed by atoms with E-state index < -0.39 is 11.9 Å². The number of imide groups is 1. The monoisotopic (exact) mass is 384 g/mol. The van der Waals surface area contributed by atoms with E-state index in [1.54, 1.807) is 13.0 Å². The molecule has 1 aliphatic heterocycles. The maximum atomic E-state index is 13.4. The second-order valence-corrected chi connectivity index (χ2v) is 6.97. The van der Waals surface area contributed by atoms with Crippen LogP contribution in [0.25, 0.3) is 5.57 Å². The standard InChI is InChI=1S/C20H24N4O4/c1-3-6-16(25)21-11-13-7-4-5-8-14-18(13)20(28)24(12(2)22-14)15-9-10-17(26)23-19(15)27/h4-5,7,15H,3,6,8-11H2,1-2H3,(H,21,25)(H,23,26,27). The number of aryl methyl sites for hydroxylation is 1. The summed E-state index contributed by atoms with van der Waals surface area (Å²) in [5.74, 6) is -0.471. The highest BCUT2D eigenvalue weighted by Crippen LogP contribution is 2.23. The van der Waals surface area contributed by atoms with Gasteiger partial charge in [-0.1, -0.05) is 25.2 Å². The largest absolute Gasteiger partial charge is 0.352 e. The van der Waals surface area contributed by atoms with Crippen molar-refractivity contribution in [3.63, 3.8) is 0 Å². The number of carbonyl (C=O) groups is 3. The normalized spacial score (nSPS) is 18.8. The van der Waals surface area contributed by atoms with Crippen LogP contribution in [0.5, 0.6) is 0 Å². The molecule has 8 heteroatoms. The van der Waals surface area contributed by atoms with Gasteiger partial charge >= 0.3 is 0 Å². The number of hydrogen-bond donors (Lipinski definition) is 2. The Morgan fingerprint density at radius 1 is 1.36 bits per heavy atom. The number of amides is 3. The van der Waals surface area contributed by atoms with Crippen molar-refractivity contribution >= 4 is 23.3 Å². The van der Waals surface area contributed by atoms with Crippen LogP contribution < -0.4 is 16.2 Å². The average Bonchev–Trinajstić information content (AvgIpc) is 2.84. The number of rotatable bonds is 5. The van der Waals surface area contributed by atoms with E-state index in [2.05, 4.69) is 15.6 Å². The number of hydrogen-bond acceptors (Lipinski definition) is 5. The van der Waals surface area contributed by atoms with Crippen molar-refractivity contribution in [2.24, 2.45) is 0 Å². The fourth-order valence-electron chi connectivity index (χ4n) is 3.57. The summed E-state index contributed by atoms with van der Waals surface area (Å²) in [6.07, 6.45) is 7.63. The summed E-state index contributed by atoms with van der Waals surface area (Å²) in [5.41, 5.74) is 1.37. The quantitative estimate of drug-likeness (QED) is 0.734. The van der Waals surface area contributed by atoms with Crippen molar-refractivity contribution in [2.75, 3.05) is 6.54 Å². The SMILES string of the molecule is CCCC(=O)NCC1=CC=CCc2nc(C)n(C3CCC(=O)NC3=O)c(=O)c21. The molecule has 3 amide bonds. The molecule has 1 atom stereocenters. The molecule has 28 heavy (non-hydrogen) atoms. The lowest BCUT2D eigenvalue weighted by Gasteiger charge is -2.25. The van der Waals surface area contributed by atoms with Gasteiger partial charge in [0.1, 0.15) is 11.9 Å². The third-order valence-corrected chi connectivity index (χ3v) is 4.91. The smallest absolute Gasteiger partial charge is 0.262 e. The van der Waals surface area contributed by atoms with E-state index in [1.165, 1.54) is 4.57 Å². The molecule has 3 rings (SSSR count). The van der Waals surface area contributed by atoms with Gasteiger partial charge < -0.3 is 5.32 Å². The lowest BCUT2D eigenvalue weighted by Crippen LogP contribution is -2.46. The van der Waals surface area contributed by atoms with Crippen LogP contribution in [0.15, 0.2) is 23.0 Å². The fraction of sp³-hybridized carbons (Fsp3) is 0.450. The van der Waals surface area contributed by atoms with E-state index in [0.717, 1.165) is 6.42 Å². The Kier molecular flexibility index (Phi) is 5.87. The van der Waals surface area contributed by atoms with Gasteiger partial charge in [-0.25, -0.2) is 4.98 Å². The van der Waals surface area contributed by atoms with Crippen LogP contribution >= 0.6 is 0 Å². The van der Waals surface area contributed by atoms with E-state index in [0.29, 0.717) is 35.5 Å². The van der Waals surface area contributed by atoms with Crippen LogP contribution in [0.1, 0.15) is 55.7 Å². The van der Waals surface area contributed by atoms with Gasteiger partial charge in [-0.3, -0.25) is 29.1 Å². The highest BCUT2D eigenvalue weighted by molar-refractivity contribution is 5.99. The molecule has 0 radical (unpaired) electrons. The summed E-state index contributed by atoms with van der Waals surface area (Å²) in [6, 6.07) is -0.768. The Morgan fingerprint density at radius 3 is 2.86 bits per heavy atom.